The average molecular weight is 157 g/mol. The minimum Gasteiger partial charge on any atom is -0.396 e. The van der Waals surface area contributed by atoms with Crippen LogP contribution in [0.25, 0.3) is 0 Å². The zero-order valence-corrected chi connectivity index (χ0v) is 7.34. The van der Waals surface area contributed by atoms with Gasteiger partial charge in [-0.05, 0) is 38.1 Å². The second kappa shape index (κ2) is 4.73. The van der Waals surface area contributed by atoms with Gasteiger partial charge in [0.25, 0.3) is 0 Å². The molecule has 0 aromatic rings. The van der Waals surface area contributed by atoms with Crippen molar-refractivity contribution in [2.45, 2.75) is 38.6 Å². The van der Waals surface area contributed by atoms with Crippen LogP contribution in [0.2, 0.25) is 0 Å². The Kier molecular flexibility index (Phi) is 3.87. The first-order chi connectivity index (χ1) is 5.38. The Hall–Kier alpha value is -0.0800. The Bertz CT molecular complexity index is 104. The van der Waals surface area contributed by atoms with E-state index in [2.05, 4.69) is 12.2 Å². The number of hydrogen-bond acceptors (Lipinski definition) is 2. The number of rotatable bonds is 3. The average Bonchev–Trinajstić information content (AvgIpc) is 2.06. The maximum atomic E-state index is 8.80. The second-order valence-electron chi connectivity index (χ2n) is 3.38. The van der Waals surface area contributed by atoms with Gasteiger partial charge >= 0.3 is 0 Å². The summed E-state index contributed by atoms with van der Waals surface area (Å²) in [4.78, 5) is 0. The van der Waals surface area contributed by atoms with Crippen molar-refractivity contribution in [3.8, 4) is 0 Å². The first kappa shape index (κ1) is 9.01. The van der Waals surface area contributed by atoms with Crippen LogP contribution < -0.4 is 5.32 Å². The van der Waals surface area contributed by atoms with E-state index in [0.717, 1.165) is 12.3 Å². The Balaban J connectivity index is 2.31. The van der Waals surface area contributed by atoms with Gasteiger partial charge in [0.2, 0.25) is 0 Å². The van der Waals surface area contributed by atoms with Gasteiger partial charge in [0.05, 0.1) is 0 Å². The van der Waals surface area contributed by atoms with Gasteiger partial charge in [-0.1, -0.05) is 6.92 Å². The summed E-state index contributed by atoms with van der Waals surface area (Å²) >= 11 is 0. The summed E-state index contributed by atoms with van der Waals surface area (Å²) in [5, 5.41) is 12.3. The molecule has 0 aromatic carbocycles. The standard InChI is InChI=1S/C9H19NO/c1-2-9-8(5-7-11)4-3-6-10-9/h8-11H,2-7H2,1H3/t8-,9-/m1/s1. The van der Waals surface area contributed by atoms with Crippen molar-refractivity contribution in [1.29, 1.82) is 0 Å². The van der Waals surface area contributed by atoms with Gasteiger partial charge in [-0.25, -0.2) is 0 Å². The topological polar surface area (TPSA) is 32.3 Å². The summed E-state index contributed by atoms with van der Waals surface area (Å²) in [7, 11) is 0. The summed E-state index contributed by atoms with van der Waals surface area (Å²) in [6.45, 7) is 3.73. The summed E-state index contributed by atoms with van der Waals surface area (Å²) in [5.41, 5.74) is 0. The summed E-state index contributed by atoms with van der Waals surface area (Å²) in [5.74, 6) is 0.721. The van der Waals surface area contributed by atoms with Crippen molar-refractivity contribution < 1.29 is 5.11 Å². The maximum Gasteiger partial charge on any atom is 0.0434 e. The third kappa shape index (κ3) is 2.46. The van der Waals surface area contributed by atoms with Gasteiger partial charge in [-0.15, -0.1) is 0 Å². The van der Waals surface area contributed by atoms with Crippen LogP contribution in [0.5, 0.6) is 0 Å². The molecular weight excluding hydrogens is 138 g/mol. The van der Waals surface area contributed by atoms with E-state index in [-0.39, 0.29) is 0 Å². The van der Waals surface area contributed by atoms with Gasteiger partial charge in [-0.2, -0.15) is 0 Å². The van der Waals surface area contributed by atoms with Crippen molar-refractivity contribution >= 4 is 0 Å². The van der Waals surface area contributed by atoms with E-state index < -0.39 is 0 Å². The lowest BCUT2D eigenvalue weighted by atomic mass is 9.87. The quantitative estimate of drug-likeness (QED) is 0.644. The Morgan fingerprint density at radius 1 is 1.55 bits per heavy atom. The van der Waals surface area contributed by atoms with Crippen LogP contribution in [0.1, 0.15) is 32.6 Å². The fraction of sp³-hybridized carbons (Fsp3) is 1.00. The number of aliphatic hydroxyl groups excluding tert-OH is 1. The lowest BCUT2D eigenvalue weighted by Crippen LogP contribution is -2.41. The van der Waals surface area contributed by atoms with Gasteiger partial charge in [-0.3, -0.25) is 0 Å². The molecule has 0 bridgehead atoms. The minimum absolute atomic E-state index is 0.350. The van der Waals surface area contributed by atoms with Crippen molar-refractivity contribution in [3.05, 3.63) is 0 Å². The van der Waals surface area contributed by atoms with E-state index in [1.165, 1.54) is 25.8 Å². The minimum atomic E-state index is 0.350. The third-order valence-electron chi connectivity index (χ3n) is 2.67. The van der Waals surface area contributed by atoms with E-state index in [4.69, 9.17) is 5.11 Å². The Morgan fingerprint density at radius 2 is 2.36 bits per heavy atom. The molecule has 0 aliphatic carbocycles. The highest BCUT2D eigenvalue weighted by Gasteiger charge is 2.21. The van der Waals surface area contributed by atoms with Crippen molar-refractivity contribution in [2.24, 2.45) is 5.92 Å². The predicted molar refractivity (Wildman–Crippen MR) is 46.5 cm³/mol. The molecule has 0 unspecified atom stereocenters. The number of nitrogens with one attached hydrogen (secondary N) is 1. The lowest BCUT2D eigenvalue weighted by molar-refractivity contribution is 0.198. The number of aliphatic hydroxyl groups is 1. The predicted octanol–water partition coefficient (Wildman–Crippen LogP) is 1.15. The molecule has 0 saturated carbocycles. The molecule has 66 valence electrons. The van der Waals surface area contributed by atoms with E-state index in [9.17, 15) is 0 Å². The number of piperidine rings is 1. The highest BCUT2D eigenvalue weighted by Crippen LogP contribution is 2.21. The molecule has 2 atom stereocenters. The molecule has 1 aliphatic heterocycles. The van der Waals surface area contributed by atoms with Crippen LogP contribution in [0.4, 0.5) is 0 Å². The Labute approximate surface area is 69.0 Å². The molecular formula is C9H19NO. The van der Waals surface area contributed by atoms with Gasteiger partial charge in [0.1, 0.15) is 0 Å². The van der Waals surface area contributed by atoms with Crippen molar-refractivity contribution in [2.75, 3.05) is 13.2 Å². The molecule has 0 amide bonds. The smallest absolute Gasteiger partial charge is 0.0434 e. The van der Waals surface area contributed by atoms with Gasteiger partial charge < -0.3 is 10.4 Å². The first-order valence-corrected chi connectivity index (χ1v) is 4.72. The highest BCUT2D eigenvalue weighted by atomic mass is 16.3. The monoisotopic (exact) mass is 157 g/mol. The van der Waals surface area contributed by atoms with Crippen LogP contribution >= 0.6 is 0 Å². The van der Waals surface area contributed by atoms with Crippen LogP contribution in [-0.2, 0) is 0 Å². The van der Waals surface area contributed by atoms with Crippen molar-refractivity contribution in [3.63, 3.8) is 0 Å². The molecule has 1 heterocycles. The van der Waals surface area contributed by atoms with Crippen LogP contribution in [-0.4, -0.2) is 24.3 Å². The van der Waals surface area contributed by atoms with Gasteiger partial charge in [0.15, 0.2) is 0 Å². The molecule has 0 spiro atoms. The lowest BCUT2D eigenvalue weighted by Gasteiger charge is -2.31. The SMILES string of the molecule is CC[C@H]1NCCC[C@@H]1CCO. The summed E-state index contributed by atoms with van der Waals surface area (Å²) < 4.78 is 0. The van der Waals surface area contributed by atoms with Crippen LogP contribution in [0.3, 0.4) is 0 Å². The molecule has 1 saturated heterocycles. The van der Waals surface area contributed by atoms with Crippen LogP contribution in [0, 0.1) is 5.92 Å². The fourth-order valence-electron chi connectivity index (χ4n) is 2.01. The van der Waals surface area contributed by atoms with E-state index >= 15 is 0 Å². The number of hydrogen-bond donors (Lipinski definition) is 2. The van der Waals surface area contributed by atoms with Gasteiger partial charge in [0, 0.05) is 12.6 Å². The molecule has 1 aliphatic rings. The molecule has 0 radical (unpaired) electrons. The molecule has 11 heavy (non-hydrogen) atoms. The Morgan fingerprint density at radius 3 is 3.00 bits per heavy atom. The summed E-state index contributed by atoms with van der Waals surface area (Å²) in [6, 6.07) is 0.663. The fourth-order valence-corrected chi connectivity index (χ4v) is 2.01. The molecule has 0 aromatic heterocycles. The highest BCUT2D eigenvalue weighted by molar-refractivity contribution is 4.79. The summed E-state index contributed by atoms with van der Waals surface area (Å²) in [6.07, 6.45) is 4.75. The van der Waals surface area contributed by atoms with Crippen LogP contribution in [0.15, 0.2) is 0 Å². The molecule has 2 nitrogen and oxygen atoms in total. The van der Waals surface area contributed by atoms with Crippen molar-refractivity contribution in [1.82, 2.24) is 5.32 Å². The molecule has 1 rings (SSSR count). The molecule has 1 fully saturated rings. The van der Waals surface area contributed by atoms with E-state index in [0.29, 0.717) is 12.6 Å². The third-order valence-corrected chi connectivity index (χ3v) is 2.67. The first-order valence-electron chi connectivity index (χ1n) is 4.72. The zero-order chi connectivity index (χ0) is 8.10. The zero-order valence-electron chi connectivity index (χ0n) is 7.34. The van der Waals surface area contributed by atoms with E-state index in [1.54, 1.807) is 0 Å². The largest absolute Gasteiger partial charge is 0.396 e. The molecule has 2 heteroatoms. The maximum absolute atomic E-state index is 8.80. The normalized spacial score (nSPS) is 32.2. The second-order valence-corrected chi connectivity index (χ2v) is 3.38. The van der Waals surface area contributed by atoms with E-state index in [1.807, 2.05) is 0 Å². The molecule has 2 N–H and O–H groups in total.